The fraction of sp³-hybridized carbons (Fsp3) is 0.462. The van der Waals surface area contributed by atoms with Crippen molar-refractivity contribution in [2.75, 3.05) is 33.2 Å². The average Bonchev–Trinajstić information content (AvgIpc) is 2.74. The van der Waals surface area contributed by atoms with E-state index >= 15 is 0 Å². The quantitative estimate of drug-likeness (QED) is 0.747. The molecule has 0 aromatic heterocycles. The molecule has 32 heavy (non-hydrogen) atoms. The molecule has 1 amide bonds. The van der Waals surface area contributed by atoms with Gasteiger partial charge in [0.15, 0.2) is 0 Å². The number of piperazine rings is 1. The number of nitrogens with one attached hydrogen (secondary N) is 1. The van der Waals surface area contributed by atoms with Gasteiger partial charge in [-0.25, -0.2) is 4.79 Å². The predicted molar refractivity (Wildman–Crippen MR) is 127 cm³/mol. The van der Waals surface area contributed by atoms with Gasteiger partial charge in [-0.15, -0.1) is 0 Å². The number of carbonyl (C=O) groups excluding carboxylic acids is 1. The molecule has 1 aliphatic rings. The van der Waals surface area contributed by atoms with Gasteiger partial charge in [-0.2, -0.15) is 5.26 Å². The molecular weight excluding hydrogens is 400 g/mol. The molecule has 2 aromatic carbocycles. The van der Waals surface area contributed by atoms with Gasteiger partial charge in [0, 0.05) is 43.8 Å². The zero-order valence-corrected chi connectivity index (χ0v) is 19.8. The molecule has 1 saturated heterocycles. The molecule has 1 heterocycles. The Morgan fingerprint density at radius 2 is 1.78 bits per heavy atom. The Kier molecular flexibility index (Phi) is 7.55. The van der Waals surface area contributed by atoms with Crippen molar-refractivity contribution in [3.8, 4) is 17.2 Å². The maximum absolute atomic E-state index is 12.3. The van der Waals surface area contributed by atoms with Gasteiger partial charge in [0.25, 0.3) is 0 Å². The van der Waals surface area contributed by atoms with Crippen molar-refractivity contribution in [3.63, 3.8) is 0 Å². The summed E-state index contributed by atoms with van der Waals surface area (Å²) >= 11 is 0. The number of ether oxygens (including phenoxy) is 1. The van der Waals surface area contributed by atoms with Gasteiger partial charge < -0.3 is 15.0 Å². The van der Waals surface area contributed by atoms with Gasteiger partial charge in [0.1, 0.15) is 6.10 Å². The second-order valence-corrected chi connectivity index (χ2v) is 9.54. The van der Waals surface area contributed by atoms with Gasteiger partial charge in [0.05, 0.1) is 11.6 Å². The highest BCUT2D eigenvalue weighted by Crippen LogP contribution is 2.33. The van der Waals surface area contributed by atoms with Crippen LogP contribution in [0.4, 0.5) is 4.79 Å². The first kappa shape index (κ1) is 23.8. The first-order valence-corrected chi connectivity index (χ1v) is 11.2. The number of hydrogen-bond donors (Lipinski definition) is 1. The maximum Gasteiger partial charge on any atom is 0.408 e. The first-order valence-electron chi connectivity index (χ1n) is 11.2. The number of hydrogen-bond acceptors (Lipinski definition) is 5. The minimum atomic E-state index is -0.539. The van der Waals surface area contributed by atoms with Crippen LogP contribution in [0.1, 0.15) is 50.5 Å². The lowest BCUT2D eigenvalue weighted by Crippen LogP contribution is -2.44. The molecule has 0 aliphatic carbocycles. The van der Waals surface area contributed by atoms with Gasteiger partial charge in [-0.1, -0.05) is 42.5 Å². The van der Waals surface area contributed by atoms with Crippen molar-refractivity contribution >= 4 is 6.09 Å². The third-order valence-electron chi connectivity index (χ3n) is 5.72. The summed E-state index contributed by atoms with van der Waals surface area (Å²) in [5.41, 5.74) is 4.07. The molecule has 6 heteroatoms. The summed E-state index contributed by atoms with van der Waals surface area (Å²) in [5.74, 6) is 0. The molecule has 6 nitrogen and oxygen atoms in total. The van der Waals surface area contributed by atoms with Crippen molar-refractivity contribution in [2.45, 2.75) is 45.9 Å². The first-order chi connectivity index (χ1) is 15.2. The number of rotatable bonds is 5. The molecule has 1 N–H and O–H groups in total. The van der Waals surface area contributed by atoms with Crippen LogP contribution in [-0.2, 0) is 11.3 Å². The summed E-state index contributed by atoms with van der Waals surface area (Å²) in [6.45, 7) is 12.2. The van der Waals surface area contributed by atoms with Crippen LogP contribution in [0, 0.1) is 11.3 Å². The van der Waals surface area contributed by atoms with E-state index in [2.05, 4.69) is 46.4 Å². The molecule has 3 rings (SSSR count). The Hall–Kier alpha value is -2.88. The topological polar surface area (TPSA) is 68.6 Å². The van der Waals surface area contributed by atoms with Crippen LogP contribution in [0.15, 0.2) is 42.5 Å². The highest BCUT2D eigenvalue weighted by molar-refractivity contribution is 5.72. The van der Waals surface area contributed by atoms with E-state index in [1.165, 1.54) is 0 Å². The molecule has 0 radical (unpaired) electrons. The van der Waals surface area contributed by atoms with E-state index in [-0.39, 0.29) is 0 Å². The summed E-state index contributed by atoms with van der Waals surface area (Å²) in [4.78, 5) is 17.0. The predicted octanol–water partition coefficient (Wildman–Crippen LogP) is 4.56. The number of benzene rings is 2. The SMILES string of the molecule is C[C@H](OC(=O)NC(C)(C)C)c1ccc(-c2ccccc2)c(CN2CCN(C)CC2)c1C#N. The number of nitrogens with zero attached hydrogens (tertiary/aromatic N) is 3. The van der Waals surface area contributed by atoms with Crippen LogP contribution >= 0.6 is 0 Å². The Bertz CT molecular complexity index is 968. The second-order valence-electron chi connectivity index (χ2n) is 9.54. The number of carbonyl (C=O) groups is 1. The zero-order chi connectivity index (χ0) is 23.3. The van der Waals surface area contributed by atoms with E-state index in [0.717, 1.165) is 48.4 Å². The van der Waals surface area contributed by atoms with Gasteiger partial charge in [-0.05, 0) is 51.4 Å². The highest BCUT2D eigenvalue weighted by Gasteiger charge is 2.24. The third kappa shape index (κ3) is 6.09. The monoisotopic (exact) mass is 434 g/mol. The molecule has 1 atom stereocenters. The summed E-state index contributed by atoms with van der Waals surface area (Å²) < 4.78 is 5.64. The van der Waals surface area contributed by atoms with Crippen molar-refractivity contribution in [2.24, 2.45) is 0 Å². The molecule has 0 spiro atoms. The zero-order valence-electron chi connectivity index (χ0n) is 19.8. The van der Waals surface area contributed by atoms with E-state index in [0.29, 0.717) is 12.1 Å². The van der Waals surface area contributed by atoms with Gasteiger partial charge in [0.2, 0.25) is 0 Å². The summed E-state index contributed by atoms with van der Waals surface area (Å²) in [7, 11) is 2.13. The molecule has 1 fully saturated rings. The van der Waals surface area contributed by atoms with Crippen molar-refractivity contribution in [1.29, 1.82) is 5.26 Å². The van der Waals surface area contributed by atoms with Crippen LogP contribution in [0.25, 0.3) is 11.1 Å². The number of nitriles is 1. The van der Waals surface area contributed by atoms with Crippen molar-refractivity contribution in [1.82, 2.24) is 15.1 Å². The molecule has 170 valence electrons. The van der Waals surface area contributed by atoms with Crippen LogP contribution in [0.5, 0.6) is 0 Å². The fourth-order valence-corrected chi connectivity index (χ4v) is 3.98. The summed E-state index contributed by atoms with van der Waals surface area (Å²) in [5, 5.41) is 13.0. The Labute approximate surface area is 191 Å². The van der Waals surface area contributed by atoms with E-state index < -0.39 is 17.7 Å². The van der Waals surface area contributed by atoms with Crippen LogP contribution in [0.2, 0.25) is 0 Å². The highest BCUT2D eigenvalue weighted by atomic mass is 16.6. The number of amides is 1. The maximum atomic E-state index is 12.3. The molecule has 2 aromatic rings. The summed E-state index contributed by atoms with van der Waals surface area (Å²) in [6, 6.07) is 16.6. The minimum Gasteiger partial charge on any atom is -0.442 e. The Balaban J connectivity index is 1.97. The van der Waals surface area contributed by atoms with Crippen LogP contribution in [0.3, 0.4) is 0 Å². The lowest BCUT2D eigenvalue weighted by Gasteiger charge is -2.33. The van der Waals surface area contributed by atoms with E-state index in [1.807, 2.05) is 52.0 Å². The molecule has 0 saturated carbocycles. The van der Waals surface area contributed by atoms with Gasteiger partial charge in [-0.3, -0.25) is 4.90 Å². The smallest absolute Gasteiger partial charge is 0.408 e. The fourth-order valence-electron chi connectivity index (χ4n) is 3.98. The van der Waals surface area contributed by atoms with E-state index in [1.54, 1.807) is 0 Å². The van der Waals surface area contributed by atoms with E-state index in [9.17, 15) is 10.1 Å². The van der Waals surface area contributed by atoms with Crippen LogP contribution < -0.4 is 5.32 Å². The number of alkyl carbamates (subject to hydrolysis) is 1. The molecule has 0 bridgehead atoms. The van der Waals surface area contributed by atoms with Crippen molar-refractivity contribution < 1.29 is 9.53 Å². The van der Waals surface area contributed by atoms with Crippen molar-refractivity contribution in [3.05, 3.63) is 59.2 Å². The van der Waals surface area contributed by atoms with Gasteiger partial charge >= 0.3 is 6.09 Å². The third-order valence-corrected chi connectivity index (χ3v) is 5.72. The Morgan fingerprint density at radius 1 is 1.12 bits per heavy atom. The number of likely N-dealkylation sites (N-methyl/N-ethyl adjacent to an activating group) is 1. The summed E-state index contributed by atoms with van der Waals surface area (Å²) in [6.07, 6.45) is -1.02. The normalized spacial score (nSPS) is 16.2. The lowest BCUT2D eigenvalue weighted by atomic mass is 9.90. The average molecular weight is 435 g/mol. The second kappa shape index (κ2) is 10.2. The molecular formula is C26H34N4O2. The minimum absolute atomic E-state index is 0.390. The molecule has 1 aliphatic heterocycles. The van der Waals surface area contributed by atoms with Crippen LogP contribution in [-0.4, -0.2) is 54.7 Å². The standard InChI is InChI=1S/C26H34N4O2/c1-19(32-25(31)28-26(2,3)4)21-11-12-22(20-9-7-6-8-10-20)24(23(21)17-27)18-30-15-13-29(5)14-16-30/h6-12,19H,13-16,18H2,1-5H3,(H,28,31)/t19-/m0/s1. The Morgan fingerprint density at radius 3 is 2.38 bits per heavy atom. The largest absolute Gasteiger partial charge is 0.442 e. The lowest BCUT2D eigenvalue weighted by molar-refractivity contribution is 0.0998. The van der Waals surface area contributed by atoms with E-state index in [4.69, 9.17) is 4.74 Å². The molecule has 0 unspecified atom stereocenters.